The second-order valence-corrected chi connectivity index (χ2v) is 13.0. The lowest BCUT2D eigenvalue weighted by Crippen LogP contribution is -2.65. The molecule has 8 nitrogen and oxygen atoms in total. The number of hydrogen-bond acceptors (Lipinski definition) is 6. The van der Waals surface area contributed by atoms with Gasteiger partial charge >= 0.3 is 13.1 Å². The van der Waals surface area contributed by atoms with Gasteiger partial charge < -0.3 is 24.7 Å². The summed E-state index contributed by atoms with van der Waals surface area (Å²) < 4.78 is 18.5. The molecule has 0 aromatic rings. The lowest BCUT2D eigenvalue weighted by molar-refractivity contribution is -0.199. The molecule has 2 amide bonds. The Morgan fingerprint density at radius 2 is 1.80 bits per heavy atom. The highest BCUT2D eigenvalue weighted by Gasteiger charge is 2.68. The topological polar surface area (TPSA) is 103 Å². The maximum absolute atomic E-state index is 13.4. The fourth-order valence-electron chi connectivity index (χ4n) is 6.23. The Bertz CT molecular complexity index is 825. The highest BCUT2D eigenvalue weighted by molar-refractivity contribution is 6.47. The molecule has 198 valence electrons. The maximum Gasteiger partial charge on any atom is 0.481 e. The van der Waals surface area contributed by atoms with Crippen molar-refractivity contribution >= 4 is 24.9 Å². The zero-order valence-corrected chi connectivity index (χ0v) is 23.0. The van der Waals surface area contributed by atoms with Gasteiger partial charge in [0.05, 0.1) is 30.0 Å². The van der Waals surface area contributed by atoms with Gasteiger partial charge in [-0.15, -0.1) is 0 Å². The molecule has 1 aliphatic heterocycles. The van der Waals surface area contributed by atoms with Crippen molar-refractivity contribution in [3.8, 4) is 0 Å². The van der Waals surface area contributed by atoms with Gasteiger partial charge in [0.2, 0.25) is 11.8 Å². The second kappa shape index (κ2) is 10.0. The lowest BCUT2D eigenvalue weighted by atomic mass is 9.43. The Hall–Kier alpha value is -1.61. The van der Waals surface area contributed by atoms with Crippen LogP contribution in [0.4, 0.5) is 0 Å². The lowest BCUT2D eigenvalue weighted by Gasteiger charge is -2.64. The molecule has 2 N–H and O–H groups in total. The third-order valence-electron chi connectivity index (χ3n) is 8.15. The van der Waals surface area contributed by atoms with Crippen LogP contribution in [0, 0.1) is 29.1 Å². The first-order valence-electron chi connectivity index (χ1n) is 13.1. The van der Waals surface area contributed by atoms with Gasteiger partial charge in [0.15, 0.2) is 0 Å². The van der Waals surface area contributed by atoms with Gasteiger partial charge in [-0.3, -0.25) is 14.4 Å². The molecule has 1 heterocycles. The molecule has 0 aromatic carbocycles. The highest BCUT2D eigenvalue weighted by Crippen LogP contribution is 2.65. The van der Waals surface area contributed by atoms with Crippen molar-refractivity contribution in [3.05, 3.63) is 0 Å². The van der Waals surface area contributed by atoms with Crippen LogP contribution in [0.2, 0.25) is 0 Å². The Kier molecular flexibility index (Phi) is 8.02. The molecule has 0 aromatic heterocycles. The summed E-state index contributed by atoms with van der Waals surface area (Å²) in [6.07, 6.45) is 2.71. The predicted molar refractivity (Wildman–Crippen MR) is 134 cm³/mol. The van der Waals surface area contributed by atoms with E-state index in [1.807, 2.05) is 0 Å². The maximum atomic E-state index is 13.4. The van der Waals surface area contributed by atoms with E-state index in [9.17, 15) is 14.4 Å². The molecule has 2 bridgehead atoms. The number of ether oxygens (including phenoxy) is 1. The second-order valence-electron chi connectivity index (χ2n) is 13.0. The van der Waals surface area contributed by atoms with Crippen molar-refractivity contribution in [1.29, 1.82) is 0 Å². The third-order valence-corrected chi connectivity index (χ3v) is 8.15. The minimum absolute atomic E-state index is 0.0211. The van der Waals surface area contributed by atoms with Gasteiger partial charge in [0, 0.05) is 13.5 Å². The van der Waals surface area contributed by atoms with E-state index in [-0.39, 0.29) is 47.8 Å². The van der Waals surface area contributed by atoms with E-state index < -0.39 is 24.6 Å². The van der Waals surface area contributed by atoms with Crippen molar-refractivity contribution in [1.82, 2.24) is 10.6 Å². The van der Waals surface area contributed by atoms with Crippen molar-refractivity contribution in [2.24, 2.45) is 29.1 Å². The largest absolute Gasteiger partial charge is 0.481 e. The van der Waals surface area contributed by atoms with E-state index in [1.54, 1.807) is 20.8 Å². The van der Waals surface area contributed by atoms with Crippen molar-refractivity contribution in [2.75, 3.05) is 6.54 Å². The zero-order chi connectivity index (χ0) is 26.3. The Labute approximate surface area is 211 Å². The standard InChI is InChI=1S/C26H45BN2O6/c1-15(2)10-21(27-34-20-13-18-12-19(25(18,7)8)26(20,9)35-27)29-23(32)17(14-28-16(3)30)11-22(31)33-24(4,5)6/h15,17-21H,10-14H2,1-9H3,(H,28,30)(H,29,32)/t17-,18+,19+,20+,21-,26-/m0/s1. The highest BCUT2D eigenvalue weighted by atomic mass is 16.7. The summed E-state index contributed by atoms with van der Waals surface area (Å²) in [7, 11) is -0.547. The summed E-state index contributed by atoms with van der Waals surface area (Å²) in [5.41, 5.74) is -0.788. The number of esters is 1. The van der Waals surface area contributed by atoms with Gasteiger partial charge in [-0.05, 0) is 70.1 Å². The van der Waals surface area contributed by atoms with Crippen LogP contribution in [0.1, 0.15) is 88.0 Å². The van der Waals surface area contributed by atoms with Gasteiger partial charge in [-0.2, -0.15) is 0 Å². The fourth-order valence-corrected chi connectivity index (χ4v) is 6.23. The van der Waals surface area contributed by atoms with Crippen molar-refractivity contribution in [3.63, 3.8) is 0 Å². The average molecular weight is 492 g/mol. The fraction of sp³-hybridized carbons (Fsp3) is 0.885. The summed E-state index contributed by atoms with van der Waals surface area (Å²) in [6, 6.07) is 0. The smallest absolute Gasteiger partial charge is 0.460 e. The molecule has 6 atom stereocenters. The normalized spacial score (nSPS) is 30.7. The Balaban J connectivity index is 1.72. The van der Waals surface area contributed by atoms with Gasteiger partial charge in [0.1, 0.15) is 5.60 Å². The summed E-state index contributed by atoms with van der Waals surface area (Å²) in [5.74, 6) is -0.789. The van der Waals surface area contributed by atoms with Crippen LogP contribution in [0.15, 0.2) is 0 Å². The summed E-state index contributed by atoms with van der Waals surface area (Å²) >= 11 is 0. The Morgan fingerprint density at radius 3 is 2.34 bits per heavy atom. The molecule has 0 spiro atoms. The molecule has 35 heavy (non-hydrogen) atoms. The SMILES string of the molecule is CC(=O)NC[C@H](CC(=O)OC(C)(C)C)C(=O)N[C@@H](CC(C)C)B1O[C@@H]2C[C@H]3C[C@H](C3(C)C)[C@]2(C)O1. The van der Waals surface area contributed by atoms with Crippen LogP contribution in [0.25, 0.3) is 0 Å². The number of carbonyl (C=O) groups excluding carboxylic acids is 3. The minimum Gasteiger partial charge on any atom is -0.460 e. The van der Waals surface area contributed by atoms with Crippen LogP contribution in [-0.2, 0) is 28.4 Å². The van der Waals surface area contributed by atoms with Crippen molar-refractivity contribution in [2.45, 2.75) is 111 Å². The van der Waals surface area contributed by atoms with Crippen LogP contribution >= 0.6 is 0 Å². The van der Waals surface area contributed by atoms with E-state index in [0.717, 1.165) is 12.8 Å². The van der Waals surface area contributed by atoms with Gasteiger partial charge in [-0.25, -0.2) is 0 Å². The summed E-state index contributed by atoms with van der Waals surface area (Å²) in [5, 5.41) is 5.79. The van der Waals surface area contributed by atoms with Crippen LogP contribution in [0.5, 0.6) is 0 Å². The third kappa shape index (κ3) is 6.21. The van der Waals surface area contributed by atoms with E-state index in [2.05, 4.69) is 45.3 Å². The van der Waals surface area contributed by atoms with Gasteiger partial charge in [0.25, 0.3) is 0 Å². The first-order valence-corrected chi connectivity index (χ1v) is 13.1. The van der Waals surface area contributed by atoms with Crippen LogP contribution in [0.3, 0.4) is 0 Å². The summed E-state index contributed by atoms with van der Waals surface area (Å²) in [6.45, 7) is 17.8. The number of carbonyl (C=O) groups is 3. The molecule has 4 fully saturated rings. The number of rotatable bonds is 9. The van der Waals surface area contributed by atoms with E-state index >= 15 is 0 Å². The molecule has 3 aliphatic carbocycles. The quantitative estimate of drug-likeness (QED) is 0.378. The minimum atomic E-state index is -0.755. The van der Waals surface area contributed by atoms with E-state index in [1.165, 1.54) is 6.92 Å². The van der Waals surface area contributed by atoms with Gasteiger partial charge in [-0.1, -0.05) is 27.7 Å². The average Bonchev–Trinajstić information content (AvgIpc) is 3.05. The first-order chi connectivity index (χ1) is 16.0. The molecular formula is C26H45BN2O6. The van der Waals surface area contributed by atoms with E-state index in [0.29, 0.717) is 24.2 Å². The monoisotopic (exact) mass is 492 g/mol. The van der Waals surface area contributed by atoms with Crippen LogP contribution < -0.4 is 10.6 Å². The molecule has 9 heteroatoms. The molecule has 0 unspecified atom stereocenters. The number of hydrogen-bond donors (Lipinski definition) is 2. The van der Waals surface area contributed by atoms with Crippen molar-refractivity contribution < 1.29 is 28.4 Å². The molecular weight excluding hydrogens is 447 g/mol. The molecule has 1 saturated heterocycles. The zero-order valence-electron chi connectivity index (χ0n) is 23.0. The number of nitrogens with one attached hydrogen (secondary N) is 2. The number of amides is 2. The molecule has 3 saturated carbocycles. The molecule has 0 radical (unpaired) electrons. The molecule has 4 aliphatic rings. The predicted octanol–water partition coefficient (Wildman–Crippen LogP) is 3.27. The Morgan fingerprint density at radius 1 is 1.14 bits per heavy atom. The van der Waals surface area contributed by atoms with Crippen LogP contribution in [-0.4, -0.2) is 54.7 Å². The first kappa shape index (κ1) is 28.0. The summed E-state index contributed by atoms with van der Waals surface area (Å²) in [4.78, 5) is 37.4. The molecule has 4 rings (SSSR count). The van der Waals surface area contributed by atoms with E-state index in [4.69, 9.17) is 14.0 Å².